The number of hydrogen-bond acceptors (Lipinski definition) is 4. The van der Waals surface area contributed by atoms with Crippen LogP contribution in [0.2, 0.25) is 5.02 Å². The van der Waals surface area contributed by atoms with E-state index in [1.54, 1.807) is 0 Å². The summed E-state index contributed by atoms with van der Waals surface area (Å²) in [6.07, 6.45) is 6.28. The average molecular weight is 406 g/mol. The van der Waals surface area contributed by atoms with Crippen molar-refractivity contribution in [2.24, 2.45) is 11.7 Å². The van der Waals surface area contributed by atoms with E-state index in [0.29, 0.717) is 13.2 Å². The summed E-state index contributed by atoms with van der Waals surface area (Å²) in [4.78, 5) is 17.9. The highest BCUT2D eigenvalue weighted by Gasteiger charge is 2.41. The normalized spacial score (nSPS) is 28.4. The number of halogens is 1. The fraction of sp³-hybridized carbons (Fsp3) is 0.682. The van der Waals surface area contributed by atoms with E-state index in [2.05, 4.69) is 4.90 Å². The molecule has 6 heteroatoms. The summed E-state index contributed by atoms with van der Waals surface area (Å²) < 4.78 is 5.71. The zero-order valence-electron chi connectivity index (χ0n) is 16.6. The van der Waals surface area contributed by atoms with Crippen LogP contribution in [0.4, 0.5) is 0 Å². The van der Waals surface area contributed by atoms with Crippen LogP contribution in [0.5, 0.6) is 0 Å². The molecule has 4 rings (SSSR count). The molecule has 1 aromatic carbocycles. The van der Waals surface area contributed by atoms with E-state index >= 15 is 0 Å². The van der Waals surface area contributed by atoms with Crippen LogP contribution in [0.3, 0.4) is 0 Å². The third-order valence-electron chi connectivity index (χ3n) is 7.12. The molecule has 154 valence electrons. The number of benzene rings is 1. The molecule has 2 aliphatic heterocycles. The molecule has 0 radical (unpaired) electrons. The number of rotatable bonds is 4. The minimum atomic E-state index is -0.0918. The first-order valence-corrected chi connectivity index (χ1v) is 11.1. The van der Waals surface area contributed by atoms with Crippen LogP contribution >= 0.6 is 11.6 Å². The number of nitrogens with zero attached hydrogens (tertiary/aromatic N) is 2. The van der Waals surface area contributed by atoms with Crippen molar-refractivity contribution in [2.45, 2.75) is 43.6 Å². The van der Waals surface area contributed by atoms with Crippen molar-refractivity contribution < 1.29 is 9.53 Å². The Balaban J connectivity index is 1.39. The topological polar surface area (TPSA) is 58.8 Å². The largest absolute Gasteiger partial charge is 0.380 e. The van der Waals surface area contributed by atoms with Gasteiger partial charge in [0, 0.05) is 49.2 Å². The van der Waals surface area contributed by atoms with Gasteiger partial charge in [-0.3, -0.25) is 9.69 Å². The van der Waals surface area contributed by atoms with E-state index in [0.717, 1.165) is 43.3 Å². The Labute approximate surface area is 173 Å². The molecule has 2 N–H and O–H groups in total. The smallest absolute Gasteiger partial charge is 0.228 e. The van der Waals surface area contributed by atoms with Crippen LogP contribution in [-0.2, 0) is 9.53 Å². The Morgan fingerprint density at radius 3 is 2.39 bits per heavy atom. The molecular formula is C22H32ClN3O2. The Morgan fingerprint density at radius 2 is 1.75 bits per heavy atom. The standard InChI is InChI=1S/C22H32ClN3O2/c23-18-6-4-17(5-7-18)19-14-28-15-20(19)21(27)25-10-12-26(13-11-25)22(16-24)8-2-1-3-9-22/h4-7,19-20H,1-3,8-16,24H2/t19-,20+/m0/s1. The summed E-state index contributed by atoms with van der Waals surface area (Å²) >= 11 is 6.02. The van der Waals surface area contributed by atoms with Gasteiger partial charge in [0.15, 0.2) is 0 Å². The van der Waals surface area contributed by atoms with Crippen molar-refractivity contribution >= 4 is 17.5 Å². The monoisotopic (exact) mass is 405 g/mol. The van der Waals surface area contributed by atoms with Gasteiger partial charge in [0.05, 0.1) is 19.1 Å². The quantitative estimate of drug-likeness (QED) is 0.836. The van der Waals surface area contributed by atoms with Crippen LogP contribution in [0.1, 0.15) is 43.6 Å². The van der Waals surface area contributed by atoms with Gasteiger partial charge in [0.25, 0.3) is 0 Å². The van der Waals surface area contributed by atoms with Crippen LogP contribution in [0.25, 0.3) is 0 Å². The lowest BCUT2D eigenvalue weighted by Gasteiger charge is -2.49. The Bertz CT molecular complexity index is 667. The highest BCUT2D eigenvalue weighted by Crippen LogP contribution is 2.35. The number of piperazine rings is 1. The zero-order chi connectivity index (χ0) is 19.6. The van der Waals surface area contributed by atoms with Crippen molar-refractivity contribution in [1.82, 2.24) is 9.80 Å². The highest BCUT2D eigenvalue weighted by molar-refractivity contribution is 6.30. The molecule has 0 aromatic heterocycles. The third kappa shape index (κ3) is 3.95. The zero-order valence-corrected chi connectivity index (χ0v) is 17.4. The van der Waals surface area contributed by atoms with E-state index in [4.69, 9.17) is 22.1 Å². The third-order valence-corrected chi connectivity index (χ3v) is 7.37. The predicted molar refractivity (Wildman–Crippen MR) is 112 cm³/mol. The Morgan fingerprint density at radius 1 is 1.07 bits per heavy atom. The number of ether oxygens (including phenoxy) is 1. The van der Waals surface area contributed by atoms with E-state index in [1.165, 1.54) is 32.1 Å². The highest BCUT2D eigenvalue weighted by atomic mass is 35.5. The Hall–Kier alpha value is -1.14. The van der Waals surface area contributed by atoms with E-state index in [1.807, 2.05) is 29.2 Å². The number of carbonyl (C=O) groups excluding carboxylic acids is 1. The maximum atomic E-state index is 13.3. The second kappa shape index (κ2) is 8.70. The lowest BCUT2D eigenvalue weighted by Crippen LogP contribution is -2.62. The van der Waals surface area contributed by atoms with Gasteiger partial charge in [-0.2, -0.15) is 0 Å². The van der Waals surface area contributed by atoms with Crippen LogP contribution < -0.4 is 5.73 Å². The molecule has 1 aliphatic carbocycles. The van der Waals surface area contributed by atoms with Gasteiger partial charge in [-0.1, -0.05) is 43.0 Å². The lowest BCUT2D eigenvalue weighted by atomic mass is 9.80. The van der Waals surface area contributed by atoms with Crippen molar-refractivity contribution in [1.29, 1.82) is 0 Å². The molecule has 2 saturated heterocycles. The molecule has 0 bridgehead atoms. The molecule has 2 atom stereocenters. The second-order valence-corrected chi connectivity index (χ2v) is 9.04. The van der Waals surface area contributed by atoms with Gasteiger partial charge in [-0.25, -0.2) is 0 Å². The molecule has 1 amide bonds. The molecule has 28 heavy (non-hydrogen) atoms. The summed E-state index contributed by atoms with van der Waals surface area (Å²) in [6.45, 7) is 5.31. The fourth-order valence-corrected chi connectivity index (χ4v) is 5.46. The average Bonchev–Trinajstić information content (AvgIpc) is 3.24. The minimum Gasteiger partial charge on any atom is -0.380 e. The van der Waals surface area contributed by atoms with Crippen LogP contribution in [0.15, 0.2) is 24.3 Å². The molecule has 0 spiro atoms. The van der Waals surface area contributed by atoms with E-state index in [9.17, 15) is 4.79 Å². The van der Waals surface area contributed by atoms with Crippen LogP contribution in [0, 0.1) is 5.92 Å². The number of carbonyl (C=O) groups is 1. The van der Waals surface area contributed by atoms with Gasteiger partial charge in [0.1, 0.15) is 0 Å². The number of nitrogens with two attached hydrogens (primary N) is 1. The first-order chi connectivity index (χ1) is 13.6. The molecule has 3 fully saturated rings. The summed E-state index contributed by atoms with van der Waals surface area (Å²) in [7, 11) is 0. The van der Waals surface area contributed by atoms with Gasteiger partial charge >= 0.3 is 0 Å². The first kappa shape index (κ1) is 20.1. The van der Waals surface area contributed by atoms with Crippen LogP contribution in [-0.4, -0.2) is 67.2 Å². The summed E-state index contributed by atoms with van der Waals surface area (Å²) in [5, 5.41) is 0.721. The Kier molecular flexibility index (Phi) is 6.26. The molecule has 1 saturated carbocycles. The second-order valence-electron chi connectivity index (χ2n) is 8.60. The van der Waals surface area contributed by atoms with Gasteiger partial charge < -0.3 is 15.4 Å². The van der Waals surface area contributed by atoms with Crippen molar-refractivity contribution in [3.05, 3.63) is 34.9 Å². The summed E-state index contributed by atoms with van der Waals surface area (Å²) in [5.74, 6) is 0.268. The lowest BCUT2D eigenvalue weighted by molar-refractivity contribution is -0.139. The fourth-order valence-electron chi connectivity index (χ4n) is 5.33. The number of amides is 1. The van der Waals surface area contributed by atoms with Gasteiger partial charge in [-0.05, 0) is 30.5 Å². The molecule has 2 heterocycles. The molecular weight excluding hydrogens is 374 g/mol. The maximum absolute atomic E-state index is 13.3. The summed E-state index contributed by atoms with van der Waals surface area (Å²) in [6, 6.07) is 7.83. The van der Waals surface area contributed by atoms with Gasteiger partial charge in [-0.15, -0.1) is 0 Å². The minimum absolute atomic E-state index is 0.0918. The molecule has 1 aromatic rings. The predicted octanol–water partition coefficient (Wildman–Crippen LogP) is 2.88. The maximum Gasteiger partial charge on any atom is 0.228 e. The molecule has 5 nitrogen and oxygen atoms in total. The molecule has 3 aliphatic rings. The van der Waals surface area contributed by atoms with E-state index < -0.39 is 0 Å². The summed E-state index contributed by atoms with van der Waals surface area (Å²) in [5.41, 5.74) is 7.51. The molecule has 0 unspecified atom stereocenters. The first-order valence-electron chi connectivity index (χ1n) is 10.7. The SMILES string of the molecule is NCC1(N2CCN(C(=O)[C@@H]3COC[C@H]3c3ccc(Cl)cc3)CC2)CCCCC1. The van der Waals surface area contributed by atoms with E-state index in [-0.39, 0.29) is 23.3 Å². The van der Waals surface area contributed by atoms with Crippen molar-refractivity contribution in [3.63, 3.8) is 0 Å². The van der Waals surface area contributed by atoms with Crippen molar-refractivity contribution in [3.8, 4) is 0 Å². The van der Waals surface area contributed by atoms with Gasteiger partial charge in [0.2, 0.25) is 5.91 Å². The number of hydrogen-bond donors (Lipinski definition) is 1. The van der Waals surface area contributed by atoms with Crippen molar-refractivity contribution in [2.75, 3.05) is 45.9 Å².